The number of rotatable bonds is 11. The molecule has 2 amide bonds. The van der Waals surface area contributed by atoms with Gasteiger partial charge in [-0.2, -0.15) is 0 Å². The van der Waals surface area contributed by atoms with Gasteiger partial charge in [-0.05, 0) is 19.8 Å². The Morgan fingerprint density at radius 3 is 2.32 bits per heavy atom. The van der Waals surface area contributed by atoms with Gasteiger partial charge < -0.3 is 15.7 Å². The summed E-state index contributed by atoms with van der Waals surface area (Å²) >= 11 is 1.50. The highest BCUT2D eigenvalue weighted by Crippen LogP contribution is 2.12. The molecule has 0 aromatic heterocycles. The van der Waals surface area contributed by atoms with Crippen LogP contribution in [0, 0.1) is 0 Å². The van der Waals surface area contributed by atoms with Gasteiger partial charge in [-0.15, -0.1) is 11.8 Å². The maximum absolute atomic E-state index is 11.7. The second kappa shape index (κ2) is 11.1. The van der Waals surface area contributed by atoms with Crippen molar-refractivity contribution in [1.82, 2.24) is 10.6 Å². The molecular formula is C14H24N2O5S. The maximum atomic E-state index is 11.7. The Kier molecular flexibility index (Phi) is 10.3. The van der Waals surface area contributed by atoms with Gasteiger partial charge in [0.2, 0.25) is 11.8 Å². The van der Waals surface area contributed by atoms with Crippen molar-refractivity contribution < 1.29 is 24.3 Å². The normalized spacial score (nSPS) is 13.0. The van der Waals surface area contributed by atoms with Crippen molar-refractivity contribution >= 4 is 35.3 Å². The molecule has 126 valence electrons. The number of nitrogens with one attached hydrogen (secondary N) is 2. The Hall–Kier alpha value is -1.57. The molecule has 0 saturated heterocycles. The Morgan fingerprint density at radius 2 is 1.82 bits per heavy atom. The number of carboxylic acid groups (broad SMARTS) is 1. The highest BCUT2D eigenvalue weighted by Gasteiger charge is 2.18. The average molecular weight is 332 g/mol. The number of thioether (sulfide) groups is 1. The monoisotopic (exact) mass is 332 g/mol. The van der Waals surface area contributed by atoms with Crippen molar-refractivity contribution in [1.29, 1.82) is 0 Å². The smallest absolute Gasteiger partial charge is 0.303 e. The predicted octanol–water partition coefficient (Wildman–Crippen LogP) is 0.573. The van der Waals surface area contributed by atoms with Gasteiger partial charge >= 0.3 is 5.97 Å². The van der Waals surface area contributed by atoms with Gasteiger partial charge in [0.15, 0.2) is 5.78 Å². The third kappa shape index (κ3) is 10.2. The molecule has 1 unspecified atom stereocenters. The molecule has 8 heteroatoms. The number of hydrogen-bond acceptors (Lipinski definition) is 5. The first-order chi connectivity index (χ1) is 10.3. The first-order valence-corrected chi connectivity index (χ1v) is 8.21. The molecule has 0 spiro atoms. The quantitative estimate of drug-likeness (QED) is 0.510. The Labute approximate surface area is 134 Å². The zero-order chi connectivity index (χ0) is 17.1. The van der Waals surface area contributed by atoms with Crippen LogP contribution < -0.4 is 10.6 Å². The molecule has 0 aliphatic rings. The number of Topliss-reactive ketones (excluding diaryl/α,β-unsaturated/α-hetero) is 1. The molecule has 0 heterocycles. The summed E-state index contributed by atoms with van der Waals surface area (Å²) in [6.07, 6.45) is 0.791. The van der Waals surface area contributed by atoms with Gasteiger partial charge in [0.1, 0.15) is 0 Å². The average Bonchev–Trinajstić information content (AvgIpc) is 2.46. The minimum Gasteiger partial charge on any atom is -0.481 e. The van der Waals surface area contributed by atoms with Crippen molar-refractivity contribution in [3.05, 3.63) is 0 Å². The molecule has 0 aromatic rings. The number of ketones is 1. The van der Waals surface area contributed by atoms with E-state index in [1.54, 1.807) is 0 Å². The molecule has 0 aliphatic carbocycles. The summed E-state index contributed by atoms with van der Waals surface area (Å²) < 4.78 is 0. The minimum absolute atomic E-state index is 0.0359. The molecule has 0 rings (SSSR count). The van der Waals surface area contributed by atoms with E-state index in [0.29, 0.717) is 5.25 Å². The number of amides is 2. The lowest BCUT2D eigenvalue weighted by molar-refractivity contribution is -0.137. The zero-order valence-corrected chi connectivity index (χ0v) is 14.0. The molecular weight excluding hydrogens is 308 g/mol. The molecule has 0 saturated carbocycles. The van der Waals surface area contributed by atoms with E-state index in [-0.39, 0.29) is 36.8 Å². The summed E-state index contributed by atoms with van der Waals surface area (Å²) in [6.45, 7) is 5.11. The molecule has 0 aliphatic heterocycles. The lowest BCUT2D eigenvalue weighted by Gasteiger charge is -2.15. The second-order valence-corrected chi connectivity index (χ2v) is 6.40. The number of carbonyl (C=O) groups is 4. The van der Waals surface area contributed by atoms with Gasteiger partial charge in [0, 0.05) is 11.7 Å². The van der Waals surface area contributed by atoms with E-state index in [9.17, 15) is 19.2 Å². The van der Waals surface area contributed by atoms with Gasteiger partial charge in [-0.3, -0.25) is 19.2 Å². The van der Waals surface area contributed by atoms with E-state index in [0.717, 1.165) is 6.42 Å². The lowest BCUT2D eigenvalue weighted by Crippen LogP contribution is -2.45. The summed E-state index contributed by atoms with van der Waals surface area (Å²) in [5.74, 6) is -1.82. The van der Waals surface area contributed by atoms with Crippen LogP contribution >= 0.6 is 11.8 Å². The zero-order valence-electron chi connectivity index (χ0n) is 13.2. The Bertz CT molecular complexity index is 414. The largest absolute Gasteiger partial charge is 0.481 e. The van der Waals surface area contributed by atoms with Crippen LogP contribution in [-0.2, 0) is 19.2 Å². The summed E-state index contributed by atoms with van der Waals surface area (Å²) in [5, 5.41) is 13.9. The van der Waals surface area contributed by atoms with E-state index >= 15 is 0 Å². The van der Waals surface area contributed by atoms with Crippen LogP contribution in [-0.4, -0.2) is 52.3 Å². The topological polar surface area (TPSA) is 113 Å². The summed E-state index contributed by atoms with van der Waals surface area (Å²) in [6, 6.07) is -0.838. The van der Waals surface area contributed by atoms with Crippen molar-refractivity contribution in [3.63, 3.8) is 0 Å². The number of carboxylic acids is 1. The molecule has 22 heavy (non-hydrogen) atoms. The van der Waals surface area contributed by atoms with Gasteiger partial charge in [-0.25, -0.2) is 0 Å². The fourth-order valence-electron chi connectivity index (χ4n) is 1.46. The van der Waals surface area contributed by atoms with Gasteiger partial charge in [0.25, 0.3) is 0 Å². The van der Waals surface area contributed by atoms with Crippen molar-refractivity contribution in [3.8, 4) is 0 Å². The third-order valence-corrected chi connectivity index (χ3v) is 4.32. The van der Waals surface area contributed by atoms with Crippen LogP contribution in [0.1, 0.15) is 40.0 Å². The van der Waals surface area contributed by atoms with Crippen molar-refractivity contribution in [2.45, 2.75) is 51.3 Å². The van der Waals surface area contributed by atoms with Crippen LogP contribution in [0.2, 0.25) is 0 Å². The van der Waals surface area contributed by atoms with Gasteiger partial charge in [-0.1, -0.05) is 13.8 Å². The summed E-state index contributed by atoms with van der Waals surface area (Å²) in [7, 11) is 0. The van der Waals surface area contributed by atoms with E-state index in [2.05, 4.69) is 10.6 Å². The van der Waals surface area contributed by atoms with Crippen LogP contribution in [0.15, 0.2) is 0 Å². The highest BCUT2D eigenvalue weighted by molar-refractivity contribution is 8.00. The number of hydrogen-bond donors (Lipinski definition) is 3. The second-order valence-electron chi connectivity index (χ2n) is 4.97. The minimum atomic E-state index is -1.03. The van der Waals surface area contributed by atoms with Crippen molar-refractivity contribution in [2.24, 2.45) is 0 Å². The van der Waals surface area contributed by atoms with E-state index in [1.807, 2.05) is 13.8 Å². The highest BCUT2D eigenvalue weighted by atomic mass is 32.2. The molecule has 0 radical (unpaired) electrons. The predicted molar refractivity (Wildman–Crippen MR) is 84.7 cm³/mol. The fourth-order valence-corrected chi connectivity index (χ4v) is 2.23. The maximum Gasteiger partial charge on any atom is 0.303 e. The summed E-state index contributed by atoms with van der Waals surface area (Å²) in [5.41, 5.74) is 0. The van der Waals surface area contributed by atoms with Crippen LogP contribution in [0.4, 0.5) is 0 Å². The fraction of sp³-hybridized carbons (Fsp3) is 0.714. The first-order valence-electron chi connectivity index (χ1n) is 7.16. The molecule has 0 aromatic carbocycles. The number of carbonyl (C=O) groups excluding carboxylic acids is 3. The Morgan fingerprint density at radius 1 is 1.18 bits per heavy atom. The van der Waals surface area contributed by atoms with E-state index in [4.69, 9.17) is 5.11 Å². The van der Waals surface area contributed by atoms with Crippen LogP contribution in [0.3, 0.4) is 0 Å². The molecule has 0 bridgehead atoms. The lowest BCUT2D eigenvalue weighted by atomic mass is 10.1. The standard InChI is InChI=1S/C14H24N2O5S/c1-4-9(2)22-8-13(19)15-7-12(18)16-11(10(3)17)5-6-14(20)21/h9,11H,4-8H2,1-3H3,(H,15,19)(H,16,18)(H,20,21)/t9?,11-/m0/s1. The molecule has 0 fully saturated rings. The van der Waals surface area contributed by atoms with E-state index in [1.165, 1.54) is 18.7 Å². The van der Waals surface area contributed by atoms with Gasteiger partial charge in [0.05, 0.1) is 18.3 Å². The van der Waals surface area contributed by atoms with Crippen LogP contribution in [0.5, 0.6) is 0 Å². The van der Waals surface area contributed by atoms with E-state index < -0.39 is 17.9 Å². The first kappa shape index (κ1) is 20.4. The Balaban J connectivity index is 4.10. The SMILES string of the molecule is CCC(C)SCC(=O)NCC(=O)N[C@@H](CCC(=O)O)C(C)=O. The molecule has 2 atom stereocenters. The summed E-state index contributed by atoms with van der Waals surface area (Å²) in [4.78, 5) is 45.1. The number of aliphatic carboxylic acids is 1. The van der Waals surface area contributed by atoms with Crippen molar-refractivity contribution in [2.75, 3.05) is 12.3 Å². The van der Waals surface area contributed by atoms with Crippen LogP contribution in [0.25, 0.3) is 0 Å². The molecule has 7 nitrogen and oxygen atoms in total. The molecule has 3 N–H and O–H groups in total. The third-order valence-electron chi connectivity index (χ3n) is 2.99.